The molecule has 0 saturated heterocycles. The van der Waals surface area contributed by atoms with Crippen LogP contribution < -0.4 is 0 Å². The van der Waals surface area contributed by atoms with Gasteiger partial charge in [-0.15, -0.1) is 0 Å². The zero-order valence-electron chi connectivity index (χ0n) is 13.9. The van der Waals surface area contributed by atoms with Gasteiger partial charge in [0.15, 0.2) is 0 Å². The molecule has 0 amide bonds. The van der Waals surface area contributed by atoms with Crippen molar-refractivity contribution in [1.29, 1.82) is 0 Å². The minimum atomic E-state index is -1.77. The third-order valence-electron chi connectivity index (χ3n) is 5.67. The van der Waals surface area contributed by atoms with Crippen LogP contribution in [0.5, 0.6) is 0 Å². The van der Waals surface area contributed by atoms with Gasteiger partial charge in [-0.05, 0) is 0 Å². The van der Waals surface area contributed by atoms with Crippen LogP contribution in [-0.4, -0.2) is 8.07 Å². The van der Waals surface area contributed by atoms with Crippen molar-refractivity contribution >= 4 is 8.07 Å². The first-order valence-electron chi connectivity index (χ1n) is 8.14. The van der Waals surface area contributed by atoms with E-state index in [2.05, 4.69) is 47.9 Å². The van der Waals surface area contributed by atoms with Crippen LogP contribution >= 0.6 is 0 Å². The molecule has 0 bridgehead atoms. The summed E-state index contributed by atoms with van der Waals surface area (Å²) in [6.45, 7) is 7.64. The van der Waals surface area contributed by atoms with Gasteiger partial charge in [-0.3, -0.25) is 0 Å². The van der Waals surface area contributed by atoms with Gasteiger partial charge in [0.25, 0.3) is 0 Å². The SMILES string of the molecule is CC[Si](C)(C)C[C]1([Ti]([CH3])([CH3])[CH3])C=CC2=C1CCCC2. The summed E-state index contributed by atoms with van der Waals surface area (Å²) in [6, 6.07) is 2.96. The van der Waals surface area contributed by atoms with Gasteiger partial charge < -0.3 is 0 Å². The fraction of sp³-hybridized carbons (Fsp3) is 0.765. The van der Waals surface area contributed by atoms with Gasteiger partial charge in [0.1, 0.15) is 0 Å². The Hall–Kier alpha value is 0.411. The topological polar surface area (TPSA) is 0 Å². The van der Waals surface area contributed by atoms with E-state index in [1.54, 1.807) is 5.57 Å². The molecular formula is C17H32SiTi. The van der Waals surface area contributed by atoms with Crippen LogP contribution in [0.25, 0.3) is 0 Å². The first-order valence-corrected chi connectivity index (χ1v) is 17.0. The molecule has 2 heteroatoms. The molecule has 0 N–H and O–H groups in total. The molecule has 0 fully saturated rings. The van der Waals surface area contributed by atoms with Crippen molar-refractivity contribution in [2.45, 2.75) is 77.2 Å². The van der Waals surface area contributed by atoms with Crippen molar-refractivity contribution in [3.63, 3.8) is 0 Å². The number of allylic oxidation sites excluding steroid dienone is 4. The van der Waals surface area contributed by atoms with Crippen LogP contribution in [0, 0.1) is 0 Å². The van der Waals surface area contributed by atoms with Crippen LogP contribution in [0.1, 0.15) is 32.6 Å². The molecule has 0 saturated carbocycles. The summed E-state index contributed by atoms with van der Waals surface area (Å²) in [5.41, 5.74) is 3.65. The fourth-order valence-corrected chi connectivity index (χ4v) is 14.1. The van der Waals surface area contributed by atoms with E-state index in [-0.39, 0.29) is 0 Å². The summed E-state index contributed by atoms with van der Waals surface area (Å²) in [4.78, 5) is 0. The minimum absolute atomic E-state index is 0.557. The van der Waals surface area contributed by atoms with Gasteiger partial charge in [-0.25, -0.2) is 0 Å². The van der Waals surface area contributed by atoms with Gasteiger partial charge in [0, 0.05) is 0 Å². The molecular weight excluding hydrogens is 280 g/mol. The van der Waals surface area contributed by atoms with Crippen molar-refractivity contribution in [1.82, 2.24) is 0 Å². The van der Waals surface area contributed by atoms with Crippen molar-refractivity contribution in [3.8, 4) is 0 Å². The second kappa shape index (κ2) is 5.31. The molecule has 0 radical (unpaired) electrons. The second-order valence-electron chi connectivity index (χ2n) is 8.46. The van der Waals surface area contributed by atoms with Crippen LogP contribution in [-0.2, 0) is 16.6 Å². The summed E-state index contributed by atoms with van der Waals surface area (Å²) in [6.07, 6.45) is 10.8. The standard InChI is InChI=1S/C14H23Si.3CH3.Ti/c1-4-15(2,3)11-13-10-9-12-7-5-6-8-14(12)13;;;;/h9-10H,4-8,11H2,1-3H3;3*1H3;. The summed E-state index contributed by atoms with van der Waals surface area (Å²) in [5, 5.41) is 7.94. The van der Waals surface area contributed by atoms with E-state index in [4.69, 9.17) is 0 Å². The Bertz CT molecular complexity index is 411. The van der Waals surface area contributed by atoms with Crippen molar-refractivity contribution in [2.75, 3.05) is 0 Å². The fourth-order valence-electron chi connectivity index (χ4n) is 3.98. The Morgan fingerprint density at radius 3 is 2.37 bits per heavy atom. The van der Waals surface area contributed by atoms with Crippen molar-refractivity contribution in [3.05, 3.63) is 23.3 Å². The quantitative estimate of drug-likeness (QED) is 0.512. The third-order valence-corrected chi connectivity index (χ3v) is 14.8. The Balaban J connectivity index is 2.44. The Kier molecular flexibility index (Phi) is 4.42. The Morgan fingerprint density at radius 1 is 1.16 bits per heavy atom. The van der Waals surface area contributed by atoms with Crippen LogP contribution in [0.15, 0.2) is 23.3 Å². The monoisotopic (exact) mass is 312 g/mol. The summed E-state index contributed by atoms with van der Waals surface area (Å²) in [7, 11) is -1.04. The van der Waals surface area contributed by atoms with E-state index < -0.39 is 24.7 Å². The van der Waals surface area contributed by atoms with Crippen LogP contribution in [0.2, 0.25) is 44.6 Å². The normalized spacial score (nSPS) is 27.9. The van der Waals surface area contributed by atoms with Gasteiger partial charge in [0.05, 0.1) is 0 Å². The molecule has 0 aliphatic heterocycles. The molecule has 108 valence electrons. The molecule has 1 atom stereocenters. The molecule has 2 rings (SSSR count). The molecule has 0 heterocycles. The number of hydrogen-bond acceptors (Lipinski definition) is 0. The predicted molar refractivity (Wildman–Crippen MR) is 87.7 cm³/mol. The Morgan fingerprint density at radius 2 is 1.79 bits per heavy atom. The molecule has 1 unspecified atom stereocenters. The maximum absolute atomic E-state index is 2.69. The molecule has 2 aliphatic rings. The Labute approximate surface area is 125 Å². The first-order chi connectivity index (χ1) is 8.72. The molecule has 0 aromatic carbocycles. The number of rotatable bonds is 4. The molecule has 19 heavy (non-hydrogen) atoms. The number of hydrogen-bond donors (Lipinski definition) is 0. The van der Waals surface area contributed by atoms with Crippen LogP contribution in [0.3, 0.4) is 0 Å². The predicted octanol–water partition coefficient (Wildman–Crippen LogP) is 6.61. The van der Waals surface area contributed by atoms with E-state index in [0.29, 0.717) is 3.72 Å². The summed E-state index contributed by atoms with van der Waals surface area (Å²) in [5.74, 6) is 0. The molecule has 0 aromatic heterocycles. The van der Waals surface area contributed by atoms with Gasteiger partial charge >= 0.3 is 125 Å². The summed E-state index contributed by atoms with van der Waals surface area (Å²) >= 11 is -1.77. The molecule has 0 spiro atoms. The second-order valence-corrected chi connectivity index (χ2v) is 22.3. The van der Waals surface area contributed by atoms with Gasteiger partial charge in [-0.2, -0.15) is 0 Å². The van der Waals surface area contributed by atoms with E-state index in [1.807, 2.05) is 5.57 Å². The molecule has 2 aliphatic carbocycles. The average molecular weight is 312 g/mol. The van der Waals surface area contributed by atoms with Crippen molar-refractivity contribution < 1.29 is 16.6 Å². The van der Waals surface area contributed by atoms with E-state index >= 15 is 0 Å². The molecule has 0 aromatic rings. The van der Waals surface area contributed by atoms with Gasteiger partial charge in [0.2, 0.25) is 0 Å². The van der Waals surface area contributed by atoms with E-state index in [0.717, 1.165) is 0 Å². The first kappa shape index (κ1) is 15.8. The average Bonchev–Trinajstić information content (AvgIpc) is 2.69. The maximum atomic E-state index is 2.69. The van der Waals surface area contributed by atoms with Crippen molar-refractivity contribution in [2.24, 2.45) is 0 Å². The zero-order chi connectivity index (χ0) is 14.3. The molecule has 0 nitrogen and oxygen atoms in total. The van der Waals surface area contributed by atoms with E-state index in [9.17, 15) is 0 Å². The third kappa shape index (κ3) is 2.89. The summed E-state index contributed by atoms with van der Waals surface area (Å²) < 4.78 is 0.557. The van der Waals surface area contributed by atoms with E-state index in [1.165, 1.54) is 37.8 Å². The van der Waals surface area contributed by atoms with Crippen LogP contribution in [0.4, 0.5) is 0 Å². The van der Waals surface area contributed by atoms with Gasteiger partial charge in [-0.1, -0.05) is 0 Å². The zero-order valence-corrected chi connectivity index (χ0v) is 16.5.